The molecular formula is C26H41N3O2. The molecule has 3 rings (SSSR count). The lowest BCUT2D eigenvalue weighted by atomic mass is 9.86. The lowest BCUT2D eigenvalue weighted by Gasteiger charge is -2.42. The molecule has 0 saturated carbocycles. The summed E-state index contributed by atoms with van der Waals surface area (Å²) in [5, 5.41) is 0. The van der Waals surface area contributed by atoms with Crippen molar-refractivity contribution in [2.45, 2.75) is 66.5 Å². The average molecular weight is 428 g/mol. The highest BCUT2D eigenvalue weighted by atomic mass is 16.2. The molecule has 5 nitrogen and oxygen atoms in total. The minimum atomic E-state index is -0.353. The Morgan fingerprint density at radius 3 is 1.87 bits per heavy atom. The third kappa shape index (κ3) is 6.17. The van der Waals surface area contributed by atoms with Crippen molar-refractivity contribution in [1.82, 2.24) is 14.7 Å². The molecule has 2 aliphatic rings. The van der Waals surface area contributed by atoms with Gasteiger partial charge < -0.3 is 4.90 Å². The molecule has 31 heavy (non-hydrogen) atoms. The Morgan fingerprint density at radius 2 is 1.39 bits per heavy atom. The molecule has 1 aromatic carbocycles. The second-order valence-corrected chi connectivity index (χ2v) is 11.3. The third-order valence-electron chi connectivity index (χ3n) is 6.78. The number of carbonyl (C=O) groups is 2. The number of hydrogen-bond donors (Lipinski definition) is 0. The molecule has 0 aliphatic carbocycles. The van der Waals surface area contributed by atoms with Crippen molar-refractivity contribution in [3.05, 3.63) is 35.4 Å². The van der Waals surface area contributed by atoms with E-state index in [-0.39, 0.29) is 22.7 Å². The zero-order valence-electron chi connectivity index (χ0n) is 20.4. The number of carbonyl (C=O) groups excluding carboxylic acids is 2. The molecule has 2 aliphatic heterocycles. The van der Waals surface area contributed by atoms with Crippen LogP contribution in [0, 0.1) is 11.3 Å². The Hall–Kier alpha value is -1.72. The number of nitrogens with zero attached hydrogens (tertiary/aromatic N) is 3. The molecule has 0 aromatic heterocycles. The summed E-state index contributed by atoms with van der Waals surface area (Å²) in [6.45, 7) is 19.0. The zero-order chi connectivity index (χ0) is 22.8. The predicted octanol–water partition coefficient (Wildman–Crippen LogP) is 4.07. The molecule has 2 fully saturated rings. The number of likely N-dealkylation sites (tertiary alicyclic amines) is 1. The fraction of sp³-hybridized carbons (Fsp3) is 0.692. The van der Waals surface area contributed by atoms with Gasteiger partial charge in [0.15, 0.2) is 5.78 Å². The summed E-state index contributed by atoms with van der Waals surface area (Å²) < 4.78 is 0. The van der Waals surface area contributed by atoms with Crippen molar-refractivity contribution in [1.29, 1.82) is 0 Å². The Balaban J connectivity index is 1.46. The van der Waals surface area contributed by atoms with E-state index < -0.39 is 0 Å². The lowest BCUT2D eigenvalue weighted by molar-refractivity contribution is -0.139. The zero-order valence-corrected chi connectivity index (χ0v) is 20.4. The molecule has 1 amide bonds. The van der Waals surface area contributed by atoms with Gasteiger partial charge in [-0.1, -0.05) is 45.0 Å². The van der Waals surface area contributed by atoms with Gasteiger partial charge in [-0.25, -0.2) is 0 Å². The van der Waals surface area contributed by atoms with Gasteiger partial charge in [-0.3, -0.25) is 19.4 Å². The maximum Gasteiger partial charge on any atom is 0.225 e. The van der Waals surface area contributed by atoms with E-state index in [2.05, 4.69) is 47.6 Å². The molecular weight excluding hydrogens is 386 g/mol. The second-order valence-electron chi connectivity index (χ2n) is 11.3. The number of piperazine rings is 1. The molecule has 172 valence electrons. The highest BCUT2D eigenvalue weighted by molar-refractivity contribution is 5.99. The Morgan fingerprint density at radius 1 is 0.839 bits per heavy atom. The van der Waals surface area contributed by atoms with Crippen LogP contribution in [0.3, 0.4) is 0 Å². The largest absolute Gasteiger partial charge is 0.340 e. The summed E-state index contributed by atoms with van der Waals surface area (Å²) in [4.78, 5) is 32.4. The topological polar surface area (TPSA) is 43.9 Å². The quantitative estimate of drug-likeness (QED) is 0.680. The van der Waals surface area contributed by atoms with Crippen LogP contribution in [-0.4, -0.2) is 71.2 Å². The van der Waals surface area contributed by atoms with Gasteiger partial charge in [0, 0.05) is 55.2 Å². The van der Waals surface area contributed by atoms with Crippen LogP contribution in [0.2, 0.25) is 0 Å². The number of benzene rings is 1. The van der Waals surface area contributed by atoms with Gasteiger partial charge in [0.1, 0.15) is 0 Å². The number of piperidine rings is 1. The van der Waals surface area contributed by atoms with E-state index in [1.165, 1.54) is 5.56 Å². The maximum atomic E-state index is 13.0. The van der Waals surface area contributed by atoms with E-state index in [1.807, 2.05) is 32.9 Å². The normalized spacial score (nSPS) is 20.1. The molecule has 0 unspecified atom stereocenters. The van der Waals surface area contributed by atoms with Crippen LogP contribution in [0.5, 0.6) is 0 Å². The number of ketones is 1. The molecule has 2 saturated heterocycles. The first kappa shape index (κ1) is 23.9. The first-order valence-electron chi connectivity index (χ1n) is 11.8. The van der Waals surface area contributed by atoms with Crippen LogP contribution < -0.4 is 0 Å². The molecule has 2 heterocycles. The smallest absolute Gasteiger partial charge is 0.225 e. The summed E-state index contributed by atoms with van der Waals surface area (Å²) in [5.74, 6) is 0.732. The van der Waals surface area contributed by atoms with E-state index >= 15 is 0 Å². The maximum absolute atomic E-state index is 13.0. The van der Waals surface area contributed by atoms with Crippen molar-refractivity contribution in [3.8, 4) is 0 Å². The van der Waals surface area contributed by atoms with E-state index in [0.717, 1.165) is 64.2 Å². The Kier molecular flexibility index (Phi) is 7.27. The van der Waals surface area contributed by atoms with Crippen molar-refractivity contribution in [2.24, 2.45) is 11.3 Å². The number of rotatable bonds is 4. The Labute approximate surface area is 188 Å². The summed E-state index contributed by atoms with van der Waals surface area (Å²) in [6.07, 6.45) is 1.96. The molecule has 0 spiro atoms. The first-order chi connectivity index (χ1) is 14.4. The monoisotopic (exact) mass is 427 g/mol. The van der Waals surface area contributed by atoms with Crippen LogP contribution in [0.15, 0.2) is 24.3 Å². The van der Waals surface area contributed by atoms with Crippen molar-refractivity contribution in [3.63, 3.8) is 0 Å². The summed E-state index contributed by atoms with van der Waals surface area (Å²) in [5.41, 5.74) is 1.84. The Bertz CT molecular complexity index is 757. The second kappa shape index (κ2) is 9.41. The molecule has 5 heteroatoms. The number of amides is 1. The summed E-state index contributed by atoms with van der Waals surface area (Å²) in [6, 6.07) is 8.04. The van der Waals surface area contributed by atoms with Crippen molar-refractivity contribution < 1.29 is 9.59 Å². The van der Waals surface area contributed by atoms with Gasteiger partial charge in [-0.05, 0) is 52.3 Å². The van der Waals surface area contributed by atoms with Crippen LogP contribution in [0.1, 0.15) is 70.3 Å². The van der Waals surface area contributed by atoms with E-state index in [4.69, 9.17) is 0 Å². The van der Waals surface area contributed by atoms with Crippen LogP contribution in [0.4, 0.5) is 0 Å². The van der Waals surface area contributed by atoms with E-state index in [0.29, 0.717) is 5.91 Å². The van der Waals surface area contributed by atoms with E-state index in [9.17, 15) is 9.59 Å². The van der Waals surface area contributed by atoms with Crippen molar-refractivity contribution in [2.75, 3.05) is 39.3 Å². The summed E-state index contributed by atoms with van der Waals surface area (Å²) in [7, 11) is 0. The first-order valence-corrected chi connectivity index (χ1v) is 11.8. The average Bonchev–Trinajstić information content (AvgIpc) is 2.73. The highest BCUT2D eigenvalue weighted by Crippen LogP contribution is 2.26. The number of hydrogen-bond acceptors (Lipinski definition) is 4. The van der Waals surface area contributed by atoms with Crippen molar-refractivity contribution >= 4 is 11.7 Å². The van der Waals surface area contributed by atoms with Gasteiger partial charge in [0.05, 0.1) is 0 Å². The van der Waals surface area contributed by atoms with Crippen LogP contribution in [-0.2, 0) is 11.3 Å². The van der Waals surface area contributed by atoms with Gasteiger partial charge >= 0.3 is 0 Å². The highest BCUT2D eigenvalue weighted by Gasteiger charge is 2.33. The molecule has 1 aromatic rings. The molecule has 0 bridgehead atoms. The lowest BCUT2D eigenvalue weighted by Crippen LogP contribution is -2.52. The molecule has 0 N–H and O–H groups in total. The molecule has 0 radical (unpaired) electrons. The standard InChI is InChI=1S/C26H41N3O2/c1-25(2,3)23(30)21-9-7-20(8-10-21)19-27-15-17-28(18-16-27)24(31)22-11-13-29(14-12-22)26(4,5)6/h7-10,22H,11-19H2,1-6H3. The van der Waals surface area contributed by atoms with Crippen LogP contribution >= 0.6 is 0 Å². The SMILES string of the molecule is CC(C)(C)C(=O)c1ccc(CN2CCN(C(=O)C3CCN(C(C)(C)C)CC3)CC2)cc1. The van der Waals surface area contributed by atoms with E-state index in [1.54, 1.807) is 0 Å². The van der Waals surface area contributed by atoms with Gasteiger partial charge in [-0.2, -0.15) is 0 Å². The van der Waals surface area contributed by atoms with Gasteiger partial charge in [0.2, 0.25) is 5.91 Å². The summed E-state index contributed by atoms with van der Waals surface area (Å²) >= 11 is 0. The van der Waals surface area contributed by atoms with Gasteiger partial charge in [-0.15, -0.1) is 0 Å². The van der Waals surface area contributed by atoms with Gasteiger partial charge in [0.25, 0.3) is 0 Å². The minimum Gasteiger partial charge on any atom is -0.340 e. The van der Waals surface area contributed by atoms with Crippen LogP contribution in [0.25, 0.3) is 0 Å². The third-order valence-corrected chi connectivity index (χ3v) is 6.78. The fourth-order valence-electron chi connectivity index (χ4n) is 4.63. The fourth-order valence-corrected chi connectivity index (χ4v) is 4.63. The number of Topliss-reactive ketones (excluding diaryl/α,β-unsaturated/α-hetero) is 1. The predicted molar refractivity (Wildman–Crippen MR) is 126 cm³/mol. The molecule has 0 atom stereocenters. The minimum absolute atomic E-state index is 0.180.